The standard InChI is InChI=1S/C10H16IN3O/c1-15-8-4-2-7(3-5-8)14-10(12)9(11)6-13-14/h6-8H,2-5,12H2,1H3. The molecule has 0 aromatic carbocycles. The Morgan fingerprint density at radius 2 is 2.13 bits per heavy atom. The largest absolute Gasteiger partial charge is 0.383 e. The minimum atomic E-state index is 0.428. The van der Waals surface area contributed by atoms with Gasteiger partial charge in [-0.25, -0.2) is 4.68 Å². The van der Waals surface area contributed by atoms with Crippen LogP contribution in [-0.4, -0.2) is 23.0 Å². The molecule has 4 nitrogen and oxygen atoms in total. The first kappa shape index (κ1) is 11.2. The van der Waals surface area contributed by atoms with Crippen LogP contribution in [0.3, 0.4) is 0 Å². The summed E-state index contributed by atoms with van der Waals surface area (Å²) in [6.07, 6.45) is 6.70. The van der Waals surface area contributed by atoms with E-state index in [0.29, 0.717) is 12.1 Å². The zero-order chi connectivity index (χ0) is 10.8. The molecule has 2 rings (SSSR count). The minimum absolute atomic E-state index is 0.428. The second kappa shape index (κ2) is 4.69. The number of hydrogen-bond acceptors (Lipinski definition) is 3. The van der Waals surface area contributed by atoms with Gasteiger partial charge in [-0.2, -0.15) is 5.10 Å². The van der Waals surface area contributed by atoms with E-state index in [1.54, 1.807) is 7.11 Å². The van der Waals surface area contributed by atoms with Crippen LogP contribution in [-0.2, 0) is 4.74 Å². The van der Waals surface area contributed by atoms with Crippen LogP contribution in [0.25, 0.3) is 0 Å². The topological polar surface area (TPSA) is 53.1 Å². The molecule has 0 spiro atoms. The average molecular weight is 321 g/mol. The Balaban J connectivity index is 2.04. The van der Waals surface area contributed by atoms with Crippen molar-refractivity contribution >= 4 is 28.4 Å². The first-order valence-electron chi connectivity index (χ1n) is 5.23. The summed E-state index contributed by atoms with van der Waals surface area (Å²) in [7, 11) is 1.79. The second-order valence-electron chi connectivity index (χ2n) is 3.99. The predicted molar refractivity (Wildman–Crippen MR) is 67.7 cm³/mol. The van der Waals surface area contributed by atoms with Crippen molar-refractivity contribution in [2.75, 3.05) is 12.8 Å². The molecule has 84 valence electrons. The summed E-state index contributed by atoms with van der Waals surface area (Å²) in [5.74, 6) is 0.802. The van der Waals surface area contributed by atoms with Gasteiger partial charge in [0.15, 0.2) is 0 Å². The van der Waals surface area contributed by atoms with E-state index in [0.717, 1.165) is 35.1 Å². The first-order valence-corrected chi connectivity index (χ1v) is 6.31. The maximum absolute atomic E-state index is 5.96. The molecular weight excluding hydrogens is 305 g/mol. The van der Waals surface area contributed by atoms with Crippen LogP contribution in [0.1, 0.15) is 31.7 Å². The normalized spacial score (nSPS) is 26.8. The van der Waals surface area contributed by atoms with Crippen LogP contribution >= 0.6 is 22.6 Å². The summed E-state index contributed by atoms with van der Waals surface area (Å²) in [6.45, 7) is 0. The van der Waals surface area contributed by atoms with Crippen molar-refractivity contribution in [3.05, 3.63) is 9.77 Å². The number of nitrogen functional groups attached to an aromatic ring is 1. The van der Waals surface area contributed by atoms with Gasteiger partial charge in [0.1, 0.15) is 5.82 Å². The highest BCUT2D eigenvalue weighted by molar-refractivity contribution is 14.1. The number of nitrogens with zero attached hydrogens (tertiary/aromatic N) is 2. The van der Waals surface area contributed by atoms with E-state index >= 15 is 0 Å². The van der Waals surface area contributed by atoms with Crippen LogP contribution in [0.15, 0.2) is 6.20 Å². The molecule has 15 heavy (non-hydrogen) atoms. The van der Waals surface area contributed by atoms with Gasteiger partial charge in [0.05, 0.1) is 21.9 Å². The van der Waals surface area contributed by atoms with Crippen LogP contribution in [0, 0.1) is 3.57 Å². The summed E-state index contributed by atoms with van der Waals surface area (Å²) in [5, 5.41) is 4.33. The summed E-state index contributed by atoms with van der Waals surface area (Å²) in [4.78, 5) is 0. The Morgan fingerprint density at radius 1 is 1.47 bits per heavy atom. The zero-order valence-corrected chi connectivity index (χ0v) is 11.0. The Labute approximate surface area is 103 Å². The number of anilines is 1. The van der Waals surface area contributed by atoms with Gasteiger partial charge in [-0.15, -0.1) is 0 Å². The van der Waals surface area contributed by atoms with E-state index in [4.69, 9.17) is 10.5 Å². The molecule has 0 unspecified atom stereocenters. The summed E-state index contributed by atoms with van der Waals surface area (Å²) in [5.41, 5.74) is 5.96. The lowest BCUT2D eigenvalue weighted by molar-refractivity contribution is 0.0571. The highest BCUT2D eigenvalue weighted by Gasteiger charge is 2.24. The van der Waals surface area contributed by atoms with Crippen LogP contribution in [0.5, 0.6) is 0 Å². The minimum Gasteiger partial charge on any atom is -0.383 e. The first-order chi connectivity index (χ1) is 7.22. The van der Waals surface area contributed by atoms with Crippen molar-refractivity contribution in [2.24, 2.45) is 0 Å². The molecule has 0 amide bonds. The Bertz CT molecular complexity index is 331. The monoisotopic (exact) mass is 321 g/mol. The highest BCUT2D eigenvalue weighted by Crippen LogP contribution is 2.31. The van der Waals surface area contributed by atoms with Crippen molar-refractivity contribution in [1.29, 1.82) is 0 Å². The molecule has 0 radical (unpaired) electrons. The fraction of sp³-hybridized carbons (Fsp3) is 0.700. The Morgan fingerprint density at radius 3 is 2.60 bits per heavy atom. The van der Waals surface area contributed by atoms with Gasteiger partial charge in [-0.3, -0.25) is 0 Å². The second-order valence-corrected chi connectivity index (χ2v) is 5.15. The van der Waals surface area contributed by atoms with Crippen molar-refractivity contribution in [1.82, 2.24) is 9.78 Å². The van der Waals surface area contributed by atoms with Crippen LogP contribution in [0.4, 0.5) is 5.82 Å². The van der Waals surface area contributed by atoms with E-state index in [2.05, 4.69) is 27.7 Å². The van der Waals surface area contributed by atoms with E-state index in [1.807, 2.05) is 10.9 Å². The maximum atomic E-state index is 5.96. The number of nitrogens with two attached hydrogens (primary N) is 1. The summed E-state index contributed by atoms with van der Waals surface area (Å²) in [6, 6.07) is 0.458. The number of methoxy groups -OCH3 is 1. The molecule has 5 heteroatoms. The summed E-state index contributed by atoms with van der Waals surface area (Å²) < 4.78 is 8.36. The third-order valence-corrected chi connectivity index (χ3v) is 3.94. The lowest BCUT2D eigenvalue weighted by Gasteiger charge is -2.28. The molecule has 0 bridgehead atoms. The van der Waals surface area contributed by atoms with Crippen molar-refractivity contribution < 1.29 is 4.74 Å². The van der Waals surface area contributed by atoms with E-state index in [-0.39, 0.29) is 0 Å². The average Bonchev–Trinajstić information content (AvgIpc) is 2.60. The van der Waals surface area contributed by atoms with Gasteiger partial charge in [-0.05, 0) is 48.3 Å². The molecule has 0 aliphatic heterocycles. The molecule has 1 fully saturated rings. The van der Waals surface area contributed by atoms with E-state index in [9.17, 15) is 0 Å². The molecule has 2 N–H and O–H groups in total. The highest BCUT2D eigenvalue weighted by atomic mass is 127. The number of hydrogen-bond donors (Lipinski definition) is 1. The number of ether oxygens (including phenoxy) is 1. The van der Waals surface area contributed by atoms with Gasteiger partial charge in [-0.1, -0.05) is 0 Å². The van der Waals surface area contributed by atoms with Crippen molar-refractivity contribution in [2.45, 2.75) is 37.8 Å². The van der Waals surface area contributed by atoms with Gasteiger partial charge < -0.3 is 10.5 Å². The predicted octanol–water partition coefficient (Wildman–Crippen LogP) is 2.20. The van der Waals surface area contributed by atoms with Gasteiger partial charge in [0.25, 0.3) is 0 Å². The smallest absolute Gasteiger partial charge is 0.135 e. The number of aromatic nitrogens is 2. The third-order valence-electron chi connectivity index (χ3n) is 3.11. The van der Waals surface area contributed by atoms with E-state index < -0.39 is 0 Å². The fourth-order valence-corrected chi connectivity index (χ4v) is 2.54. The Hall–Kier alpha value is -0.300. The molecule has 1 saturated carbocycles. The lowest BCUT2D eigenvalue weighted by atomic mass is 9.93. The van der Waals surface area contributed by atoms with Crippen molar-refractivity contribution in [3.63, 3.8) is 0 Å². The van der Waals surface area contributed by atoms with Gasteiger partial charge in [0.2, 0.25) is 0 Å². The zero-order valence-electron chi connectivity index (χ0n) is 8.82. The van der Waals surface area contributed by atoms with E-state index in [1.165, 1.54) is 0 Å². The Kier molecular flexibility index (Phi) is 3.50. The molecule has 0 saturated heterocycles. The van der Waals surface area contributed by atoms with Crippen LogP contribution in [0.2, 0.25) is 0 Å². The quantitative estimate of drug-likeness (QED) is 0.850. The molecule has 1 aliphatic carbocycles. The molecule has 1 aliphatic rings. The molecule has 1 aromatic rings. The van der Waals surface area contributed by atoms with Crippen LogP contribution < -0.4 is 5.73 Å². The maximum Gasteiger partial charge on any atom is 0.135 e. The fourth-order valence-electron chi connectivity index (χ4n) is 2.17. The molecule has 1 heterocycles. The molecule has 0 atom stereocenters. The number of halogens is 1. The SMILES string of the molecule is COC1CCC(n2ncc(I)c2N)CC1. The number of rotatable bonds is 2. The summed E-state index contributed by atoms with van der Waals surface area (Å²) >= 11 is 2.22. The lowest BCUT2D eigenvalue weighted by Crippen LogP contribution is -2.24. The third kappa shape index (κ3) is 2.28. The molecular formula is C10H16IN3O. The van der Waals surface area contributed by atoms with Gasteiger partial charge >= 0.3 is 0 Å². The van der Waals surface area contributed by atoms with Crippen molar-refractivity contribution in [3.8, 4) is 0 Å². The van der Waals surface area contributed by atoms with Gasteiger partial charge in [0, 0.05) is 7.11 Å². The molecule has 1 aromatic heterocycles.